The van der Waals surface area contributed by atoms with Crippen LogP contribution in [-0.4, -0.2) is 9.55 Å². The van der Waals surface area contributed by atoms with Crippen LogP contribution in [0.4, 0.5) is 14.5 Å². The van der Waals surface area contributed by atoms with Crippen molar-refractivity contribution in [3.8, 4) is 0 Å². The lowest BCUT2D eigenvalue weighted by atomic mass is 10.1. The van der Waals surface area contributed by atoms with Gasteiger partial charge in [-0.2, -0.15) is 0 Å². The molecule has 0 aliphatic rings. The molecule has 0 fully saturated rings. The molecule has 2 N–H and O–H groups in total. The number of para-hydroxylation sites is 1. The van der Waals surface area contributed by atoms with Gasteiger partial charge in [0.15, 0.2) is 0 Å². The first kappa shape index (κ1) is 14.3. The van der Waals surface area contributed by atoms with Crippen molar-refractivity contribution in [1.29, 1.82) is 0 Å². The van der Waals surface area contributed by atoms with Crippen LogP contribution in [0.2, 0.25) is 0 Å². The second-order valence-electron chi connectivity index (χ2n) is 5.12. The molecular weight excluding hydrogens is 284 g/mol. The molecule has 0 unspecified atom stereocenters. The van der Waals surface area contributed by atoms with Crippen LogP contribution in [-0.2, 0) is 13.0 Å². The molecule has 22 heavy (non-hydrogen) atoms. The molecule has 0 radical (unpaired) electrons. The highest BCUT2D eigenvalue weighted by Crippen LogP contribution is 2.16. The predicted molar refractivity (Wildman–Crippen MR) is 81.3 cm³/mol. The van der Waals surface area contributed by atoms with Gasteiger partial charge in [-0.25, -0.2) is 13.8 Å². The Labute approximate surface area is 127 Å². The SMILES string of the molecule is Nc1ccccc1Cc1nccn1Cc1cc(F)cc(F)c1. The minimum absolute atomic E-state index is 0.358. The number of rotatable bonds is 4. The normalized spacial score (nSPS) is 10.8. The van der Waals surface area contributed by atoms with E-state index in [2.05, 4.69) is 4.98 Å². The van der Waals surface area contributed by atoms with E-state index in [1.165, 1.54) is 12.1 Å². The molecule has 2 aromatic carbocycles. The van der Waals surface area contributed by atoms with Gasteiger partial charge in [0.05, 0.1) is 0 Å². The highest BCUT2D eigenvalue weighted by molar-refractivity contribution is 5.47. The van der Waals surface area contributed by atoms with Crippen molar-refractivity contribution in [2.24, 2.45) is 0 Å². The molecule has 1 aromatic heterocycles. The number of hydrogen-bond donors (Lipinski definition) is 1. The summed E-state index contributed by atoms with van der Waals surface area (Å²) in [6, 6.07) is 11.1. The second kappa shape index (κ2) is 5.97. The van der Waals surface area contributed by atoms with E-state index in [0.717, 1.165) is 17.5 Å². The molecule has 3 nitrogen and oxygen atoms in total. The molecule has 0 spiro atoms. The zero-order valence-corrected chi connectivity index (χ0v) is 11.8. The number of nitrogen functional groups attached to an aromatic ring is 1. The first-order valence-electron chi connectivity index (χ1n) is 6.90. The number of benzene rings is 2. The van der Waals surface area contributed by atoms with Gasteiger partial charge in [-0.05, 0) is 29.3 Å². The van der Waals surface area contributed by atoms with Crippen molar-refractivity contribution in [2.45, 2.75) is 13.0 Å². The summed E-state index contributed by atoms with van der Waals surface area (Å²) in [5.41, 5.74) is 8.17. The molecule has 5 heteroatoms. The van der Waals surface area contributed by atoms with E-state index in [4.69, 9.17) is 5.73 Å². The van der Waals surface area contributed by atoms with Gasteiger partial charge in [0, 0.05) is 37.1 Å². The quantitative estimate of drug-likeness (QED) is 0.751. The third kappa shape index (κ3) is 3.14. The third-order valence-electron chi connectivity index (χ3n) is 3.48. The van der Waals surface area contributed by atoms with Crippen LogP contribution >= 0.6 is 0 Å². The number of halogens is 2. The van der Waals surface area contributed by atoms with Gasteiger partial charge in [0.25, 0.3) is 0 Å². The van der Waals surface area contributed by atoms with E-state index in [1.54, 1.807) is 12.4 Å². The number of imidazole rings is 1. The van der Waals surface area contributed by atoms with Crippen LogP contribution in [0.25, 0.3) is 0 Å². The van der Waals surface area contributed by atoms with E-state index >= 15 is 0 Å². The number of nitrogens with two attached hydrogens (primary N) is 1. The minimum Gasteiger partial charge on any atom is -0.398 e. The maximum atomic E-state index is 13.3. The van der Waals surface area contributed by atoms with Crippen molar-refractivity contribution in [2.75, 3.05) is 5.73 Å². The lowest BCUT2D eigenvalue weighted by Gasteiger charge is -2.10. The Bertz CT molecular complexity index is 776. The van der Waals surface area contributed by atoms with Crippen molar-refractivity contribution in [3.63, 3.8) is 0 Å². The summed E-state index contributed by atoms with van der Waals surface area (Å²) < 4.78 is 28.4. The van der Waals surface area contributed by atoms with Crippen LogP contribution in [0.15, 0.2) is 54.9 Å². The average Bonchev–Trinajstić information content (AvgIpc) is 2.87. The molecule has 0 aliphatic heterocycles. The standard InChI is InChI=1S/C17H15F2N3/c18-14-7-12(8-15(19)10-14)11-22-6-5-21-17(22)9-13-3-1-2-4-16(13)20/h1-8,10H,9,11,20H2. The highest BCUT2D eigenvalue weighted by atomic mass is 19.1. The van der Waals surface area contributed by atoms with Gasteiger partial charge in [0.2, 0.25) is 0 Å². The Balaban J connectivity index is 1.85. The van der Waals surface area contributed by atoms with E-state index in [1.807, 2.05) is 28.8 Å². The predicted octanol–water partition coefficient (Wildman–Crippen LogP) is 3.38. The van der Waals surface area contributed by atoms with Crippen molar-refractivity contribution < 1.29 is 8.78 Å². The molecule has 3 aromatic rings. The minimum atomic E-state index is -0.580. The molecule has 0 saturated carbocycles. The number of hydrogen-bond acceptors (Lipinski definition) is 2. The maximum Gasteiger partial charge on any atom is 0.126 e. The first-order chi connectivity index (χ1) is 10.6. The van der Waals surface area contributed by atoms with Crippen LogP contribution in [0.5, 0.6) is 0 Å². The average molecular weight is 299 g/mol. The molecule has 0 atom stereocenters. The van der Waals surface area contributed by atoms with Gasteiger partial charge in [0.1, 0.15) is 17.5 Å². The zero-order chi connectivity index (χ0) is 15.5. The second-order valence-corrected chi connectivity index (χ2v) is 5.12. The third-order valence-corrected chi connectivity index (χ3v) is 3.48. The van der Waals surface area contributed by atoms with Gasteiger partial charge < -0.3 is 10.3 Å². The number of anilines is 1. The van der Waals surface area contributed by atoms with Crippen LogP contribution in [0.3, 0.4) is 0 Å². The largest absolute Gasteiger partial charge is 0.398 e. The number of nitrogens with zero attached hydrogens (tertiary/aromatic N) is 2. The molecule has 0 aliphatic carbocycles. The molecule has 0 amide bonds. The van der Waals surface area contributed by atoms with Gasteiger partial charge in [-0.1, -0.05) is 18.2 Å². The Kier molecular flexibility index (Phi) is 3.87. The lowest BCUT2D eigenvalue weighted by Crippen LogP contribution is -2.07. The molecule has 0 bridgehead atoms. The van der Waals surface area contributed by atoms with Crippen molar-refractivity contribution in [3.05, 3.63) is 83.4 Å². The lowest BCUT2D eigenvalue weighted by molar-refractivity contribution is 0.576. The van der Waals surface area contributed by atoms with Crippen molar-refractivity contribution in [1.82, 2.24) is 9.55 Å². The Morgan fingerprint density at radius 3 is 2.50 bits per heavy atom. The summed E-state index contributed by atoms with van der Waals surface area (Å²) in [4.78, 5) is 4.31. The van der Waals surface area contributed by atoms with Gasteiger partial charge in [-0.3, -0.25) is 0 Å². The van der Waals surface area contributed by atoms with Gasteiger partial charge in [-0.15, -0.1) is 0 Å². The summed E-state index contributed by atoms with van der Waals surface area (Å²) in [5, 5.41) is 0. The fourth-order valence-electron chi connectivity index (χ4n) is 2.42. The molecule has 112 valence electrons. The van der Waals surface area contributed by atoms with E-state index in [-0.39, 0.29) is 0 Å². The van der Waals surface area contributed by atoms with Crippen LogP contribution < -0.4 is 5.73 Å². The fourth-order valence-corrected chi connectivity index (χ4v) is 2.42. The van der Waals surface area contributed by atoms with E-state index in [0.29, 0.717) is 24.2 Å². The topological polar surface area (TPSA) is 43.8 Å². The van der Waals surface area contributed by atoms with Crippen LogP contribution in [0.1, 0.15) is 17.0 Å². The smallest absolute Gasteiger partial charge is 0.126 e. The van der Waals surface area contributed by atoms with Crippen LogP contribution in [0, 0.1) is 11.6 Å². The first-order valence-corrected chi connectivity index (χ1v) is 6.90. The van der Waals surface area contributed by atoms with Gasteiger partial charge >= 0.3 is 0 Å². The Morgan fingerprint density at radius 2 is 1.77 bits per heavy atom. The fraction of sp³-hybridized carbons (Fsp3) is 0.118. The summed E-state index contributed by atoms with van der Waals surface area (Å²) in [7, 11) is 0. The van der Waals surface area contributed by atoms with E-state index < -0.39 is 11.6 Å². The summed E-state index contributed by atoms with van der Waals surface area (Å²) in [6.07, 6.45) is 4.03. The Morgan fingerprint density at radius 1 is 1.05 bits per heavy atom. The highest BCUT2D eigenvalue weighted by Gasteiger charge is 2.08. The monoisotopic (exact) mass is 299 g/mol. The van der Waals surface area contributed by atoms with Crippen molar-refractivity contribution >= 4 is 5.69 Å². The summed E-state index contributed by atoms with van der Waals surface area (Å²) >= 11 is 0. The number of aromatic nitrogens is 2. The summed E-state index contributed by atoms with van der Waals surface area (Å²) in [6.45, 7) is 0.358. The molecule has 0 saturated heterocycles. The Hall–Kier alpha value is -2.69. The molecule has 1 heterocycles. The maximum absolute atomic E-state index is 13.3. The zero-order valence-electron chi connectivity index (χ0n) is 11.8. The molecular formula is C17H15F2N3. The summed E-state index contributed by atoms with van der Waals surface area (Å²) in [5.74, 6) is -0.365. The van der Waals surface area contributed by atoms with E-state index in [9.17, 15) is 8.78 Å². The molecule has 3 rings (SSSR count).